The van der Waals surface area contributed by atoms with Crippen LogP contribution in [0.2, 0.25) is 0 Å². The fraction of sp³-hybridized carbons (Fsp3) is 0.429. The van der Waals surface area contributed by atoms with Gasteiger partial charge in [0.15, 0.2) is 0 Å². The minimum absolute atomic E-state index is 0.00193. The molecule has 1 aliphatic rings. The van der Waals surface area contributed by atoms with Crippen molar-refractivity contribution in [1.82, 2.24) is 15.5 Å². The van der Waals surface area contributed by atoms with E-state index in [9.17, 15) is 9.59 Å². The Bertz CT molecular complexity index is 530. The molecule has 0 atom stereocenters. The quantitative estimate of drug-likeness (QED) is 0.830. The number of ether oxygens (including phenoxy) is 1. The van der Waals surface area contributed by atoms with Gasteiger partial charge in [0.1, 0.15) is 5.75 Å². The van der Waals surface area contributed by atoms with E-state index < -0.39 is 0 Å². The number of piperazine rings is 1. The molecule has 0 aliphatic carbocycles. The van der Waals surface area contributed by atoms with Crippen LogP contribution < -0.4 is 15.4 Å². The van der Waals surface area contributed by atoms with Crippen molar-refractivity contribution in [1.29, 1.82) is 0 Å². The van der Waals surface area contributed by atoms with Gasteiger partial charge in [0, 0.05) is 30.7 Å². The number of halogens is 1. The van der Waals surface area contributed by atoms with E-state index in [1.54, 1.807) is 23.1 Å². The van der Waals surface area contributed by atoms with Gasteiger partial charge in [-0.2, -0.15) is 0 Å². The number of benzene rings is 1. The maximum absolute atomic E-state index is 12.1. The van der Waals surface area contributed by atoms with Crippen LogP contribution in [0.1, 0.15) is 10.4 Å². The van der Waals surface area contributed by atoms with Crippen molar-refractivity contribution in [3.63, 3.8) is 0 Å². The summed E-state index contributed by atoms with van der Waals surface area (Å²) in [7, 11) is 1.50. The number of nitrogens with one attached hydrogen (secondary N) is 2. The van der Waals surface area contributed by atoms with Gasteiger partial charge in [-0.1, -0.05) is 15.9 Å². The fourth-order valence-corrected chi connectivity index (χ4v) is 2.47. The first-order valence-electron chi connectivity index (χ1n) is 6.72. The largest absolute Gasteiger partial charge is 0.496 e. The second-order valence-electron chi connectivity index (χ2n) is 4.66. The molecule has 1 heterocycles. The first-order chi connectivity index (χ1) is 10.1. The van der Waals surface area contributed by atoms with Crippen LogP contribution >= 0.6 is 15.9 Å². The third-order valence-corrected chi connectivity index (χ3v) is 3.77. The Labute approximate surface area is 132 Å². The Morgan fingerprint density at radius 3 is 2.76 bits per heavy atom. The Morgan fingerprint density at radius 2 is 2.10 bits per heavy atom. The molecule has 2 rings (SSSR count). The minimum Gasteiger partial charge on any atom is -0.496 e. The molecule has 2 amide bonds. The molecule has 0 spiro atoms. The molecule has 0 bridgehead atoms. The average molecular weight is 356 g/mol. The number of amides is 2. The zero-order valence-corrected chi connectivity index (χ0v) is 13.4. The van der Waals surface area contributed by atoms with E-state index in [4.69, 9.17) is 4.74 Å². The van der Waals surface area contributed by atoms with Gasteiger partial charge < -0.3 is 20.3 Å². The number of rotatable bonds is 4. The monoisotopic (exact) mass is 355 g/mol. The van der Waals surface area contributed by atoms with Gasteiger partial charge >= 0.3 is 0 Å². The molecular formula is C14H18BrN3O3. The van der Waals surface area contributed by atoms with Gasteiger partial charge in [0.2, 0.25) is 5.91 Å². The molecule has 0 unspecified atom stereocenters. The SMILES string of the molecule is COc1cc(Br)ccc1C(=O)NCC(=O)N1CCNCC1. The molecule has 1 aliphatic heterocycles. The second kappa shape index (κ2) is 7.42. The van der Waals surface area contributed by atoms with E-state index in [1.807, 2.05) is 0 Å². The smallest absolute Gasteiger partial charge is 0.255 e. The summed E-state index contributed by atoms with van der Waals surface area (Å²) in [4.78, 5) is 25.9. The lowest BCUT2D eigenvalue weighted by Crippen LogP contribution is -2.49. The van der Waals surface area contributed by atoms with E-state index in [-0.39, 0.29) is 18.4 Å². The highest BCUT2D eigenvalue weighted by Crippen LogP contribution is 2.23. The topological polar surface area (TPSA) is 70.7 Å². The van der Waals surface area contributed by atoms with Gasteiger partial charge in [-0.25, -0.2) is 0 Å². The van der Waals surface area contributed by atoms with E-state index in [0.29, 0.717) is 24.4 Å². The van der Waals surface area contributed by atoms with Crippen molar-refractivity contribution in [3.05, 3.63) is 28.2 Å². The molecule has 6 nitrogen and oxygen atoms in total. The molecule has 0 aromatic heterocycles. The third kappa shape index (κ3) is 4.18. The summed E-state index contributed by atoms with van der Waals surface area (Å²) in [6.45, 7) is 2.94. The van der Waals surface area contributed by atoms with E-state index in [1.165, 1.54) is 7.11 Å². The molecule has 0 radical (unpaired) electrons. The molecule has 0 saturated carbocycles. The maximum Gasteiger partial charge on any atom is 0.255 e. The van der Waals surface area contributed by atoms with Crippen LogP contribution in [0, 0.1) is 0 Å². The number of carbonyl (C=O) groups excluding carboxylic acids is 2. The molecule has 114 valence electrons. The normalized spacial score (nSPS) is 14.7. The zero-order chi connectivity index (χ0) is 15.2. The Morgan fingerprint density at radius 1 is 1.38 bits per heavy atom. The van der Waals surface area contributed by atoms with E-state index >= 15 is 0 Å². The zero-order valence-electron chi connectivity index (χ0n) is 11.8. The number of carbonyl (C=O) groups is 2. The van der Waals surface area contributed by atoms with E-state index in [0.717, 1.165) is 17.6 Å². The van der Waals surface area contributed by atoms with Crippen LogP contribution in [-0.4, -0.2) is 56.5 Å². The van der Waals surface area contributed by atoms with Crippen LogP contribution in [-0.2, 0) is 4.79 Å². The number of nitrogens with zero attached hydrogens (tertiary/aromatic N) is 1. The Balaban J connectivity index is 1.93. The summed E-state index contributed by atoms with van der Waals surface area (Å²) < 4.78 is 6.00. The summed E-state index contributed by atoms with van der Waals surface area (Å²) >= 11 is 3.32. The predicted octanol–water partition coefficient (Wildman–Crippen LogP) is 0.619. The van der Waals surface area contributed by atoms with Crippen LogP contribution in [0.15, 0.2) is 22.7 Å². The Kier molecular flexibility index (Phi) is 5.58. The van der Waals surface area contributed by atoms with Gasteiger partial charge in [0.25, 0.3) is 5.91 Å². The molecule has 7 heteroatoms. The minimum atomic E-state index is -0.317. The number of hydrogen-bond donors (Lipinski definition) is 2. The molecule has 1 fully saturated rings. The lowest BCUT2D eigenvalue weighted by atomic mass is 10.2. The molecule has 1 aromatic carbocycles. The summed E-state index contributed by atoms with van der Waals surface area (Å²) in [6, 6.07) is 5.14. The van der Waals surface area contributed by atoms with Gasteiger partial charge in [0.05, 0.1) is 19.2 Å². The molecule has 1 saturated heterocycles. The molecule has 1 aromatic rings. The van der Waals surface area contributed by atoms with Crippen molar-refractivity contribution in [2.45, 2.75) is 0 Å². The van der Waals surface area contributed by atoms with Crippen molar-refractivity contribution >= 4 is 27.7 Å². The summed E-state index contributed by atoms with van der Waals surface area (Å²) in [5, 5.41) is 5.82. The highest BCUT2D eigenvalue weighted by molar-refractivity contribution is 9.10. The van der Waals surface area contributed by atoms with Crippen molar-refractivity contribution < 1.29 is 14.3 Å². The predicted molar refractivity (Wildman–Crippen MR) is 82.5 cm³/mol. The lowest BCUT2D eigenvalue weighted by molar-refractivity contribution is -0.130. The lowest BCUT2D eigenvalue weighted by Gasteiger charge is -2.27. The van der Waals surface area contributed by atoms with Crippen molar-refractivity contribution in [2.75, 3.05) is 39.8 Å². The molecule has 2 N–H and O–H groups in total. The van der Waals surface area contributed by atoms with Crippen LogP contribution in [0.4, 0.5) is 0 Å². The summed E-state index contributed by atoms with van der Waals surface area (Å²) in [5.41, 5.74) is 0.411. The maximum atomic E-state index is 12.1. The standard InChI is InChI=1S/C14H18BrN3O3/c1-21-12-8-10(15)2-3-11(12)14(20)17-9-13(19)18-6-4-16-5-7-18/h2-3,8,16H,4-7,9H2,1H3,(H,17,20). The summed E-state index contributed by atoms with van der Waals surface area (Å²) in [6.07, 6.45) is 0. The highest BCUT2D eigenvalue weighted by atomic mass is 79.9. The second-order valence-corrected chi connectivity index (χ2v) is 5.57. The number of hydrogen-bond acceptors (Lipinski definition) is 4. The van der Waals surface area contributed by atoms with E-state index in [2.05, 4.69) is 26.6 Å². The van der Waals surface area contributed by atoms with Gasteiger partial charge in [-0.15, -0.1) is 0 Å². The molecular weight excluding hydrogens is 338 g/mol. The fourth-order valence-electron chi connectivity index (χ4n) is 2.13. The summed E-state index contributed by atoms with van der Waals surface area (Å²) in [5.74, 6) is 0.0836. The van der Waals surface area contributed by atoms with Crippen molar-refractivity contribution in [2.24, 2.45) is 0 Å². The highest BCUT2D eigenvalue weighted by Gasteiger charge is 2.18. The van der Waals surface area contributed by atoms with Gasteiger partial charge in [-0.05, 0) is 18.2 Å². The molecule has 21 heavy (non-hydrogen) atoms. The van der Waals surface area contributed by atoms with Crippen LogP contribution in [0.3, 0.4) is 0 Å². The van der Waals surface area contributed by atoms with Gasteiger partial charge in [-0.3, -0.25) is 9.59 Å². The first-order valence-corrected chi connectivity index (χ1v) is 7.51. The average Bonchev–Trinajstić information content (AvgIpc) is 2.52. The Hall–Kier alpha value is -1.60. The number of methoxy groups -OCH3 is 1. The van der Waals surface area contributed by atoms with Crippen LogP contribution in [0.5, 0.6) is 5.75 Å². The third-order valence-electron chi connectivity index (χ3n) is 3.28. The first kappa shape index (κ1) is 15.8. The van der Waals surface area contributed by atoms with Crippen molar-refractivity contribution in [3.8, 4) is 5.75 Å². The van der Waals surface area contributed by atoms with Crippen LogP contribution in [0.25, 0.3) is 0 Å².